The maximum absolute atomic E-state index is 6.19. The van der Waals surface area contributed by atoms with Crippen LogP contribution in [0, 0.1) is 17.3 Å². The van der Waals surface area contributed by atoms with Crippen molar-refractivity contribution in [2.45, 2.75) is 71.9 Å². The van der Waals surface area contributed by atoms with Crippen LogP contribution in [0.5, 0.6) is 0 Å². The van der Waals surface area contributed by atoms with Crippen molar-refractivity contribution in [3.63, 3.8) is 0 Å². The molecule has 2 atom stereocenters. The van der Waals surface area contributed by atoms with Crippen LogP contribution in [0.15, 0.2) is 0 Å². The Morgan fingerprint density at radius 1 is 1.19 bits per heavy atom. The fourth-order valence-electron chi connectivity index (χ4n) is 4.43. The van der Waals surface area contributed by atoms with Crippen molar-refractivity contribution >= 4 is 0 Å². The zero-order chi connectivity index (χ0) is 15.5. The highest BCUT2D eigenvalue weighted by atomic mass is 16.5. The molecule has 2 rings (SSSR count). The van der Waals surface area contributed by atoms with Crippen LogP contribution in [0.25, 0.3) is 0 Å². The molecule has 1 aliphatic carbocycles. The van der Waals surface area contributed by atoms with Crippen LogP contribution in [0.2, 0.25) is 0 Å². The van der Waals surface area contributed by atoms with E-state index in [1.807, 2.05) is 0 Å². The molecule has 3 nitrogen and oxygen atoms in total. The van der Waals surface area contributed by atoms with Crippen molar-refractivity contribution in [2.75, 3.05) is 26.3 Å². The molecule has 3 heteroatoms. The quantitative estimate of drug-likeness (QED) is 0.865. The van der Waals surface area contributed by atoms with Crippen molar-refractivity contribution in [3.8, 4) is 0 Å². The molecule has 2 fully saturated rings. The summed E-state index contributed by atoms with van der Waals surface area (Å²) < 4.78 is 5.66. The summed E-state index contributed by atoms with van der Waals surface area (Å²) in [5.41, 5.74) is 6.66. The van der Waals surface area contributed by atoms with Crippen LogP contribution >= 0.6 is 0 Å². The Labute approximate surface area is 131 Å². The fraction of sp³-hybridized carbons (Fsp3) is 1.00. The Kier molecular flexibility index (Phi) is 6.10. The van der Waals surface area contributed by atoms with Crippen molar-refractivity contribution in [3.05, 3.63) is 0 Å². The van der Waals surface area contributed by atoms with Gasteiger partial charge in [0.15, 0.2) is 0 Å². The number of rotatable bonds is 4. The van der Waals surface area contributed by atoms with Gasteiger partial charge in [-0.2, -0.15) is 0 Å². The largest absolute Gasteiger partial charge is 0.378 e. The summed E-state index contributed by atoms with van der Waals surface area (Å²) in [6, 6.07) is 1.15. The summed E-state index contributed by atoms with van der Waals surface area (Å²) in [4.78, 5) is 2.67. The highest BCUT2D eigenvalue weighted by Gasteiger charge is 2.36. The zero-order valence-corrected chi connectivity index (χ0v) is 14.6. The van der Waals surface area contributed by atoms with E-state index in [1.54, 1.807) is 0 Å². The Balaban J connectivity index is 1.96. The van der Waals surface area contributed by atoms with Crippen molar-refractivity contribution in [2.24, 2.45) is 23.0 Å². The first-order valence-electron chi connectivity index (χ1n) is 9.01. The van der Waals surface area contributed by atoms with E-state index in [-0.39, 0.29) is 0 Å². The molecule has 0 bridgehead atoms. The molecular formula is C18H36N2O. The lowest BCUT2D eigenvalue weighted by atomic mass is 9.68. The third kappa shape index (κ3) is 4.20. The predicted octanol–water partition coefficient (Wildman–Crippen LogP) is 3.28. The molecule has 1 saturated carbocycles. The van der Waals surface area contributed by atoms with Gasteiger partial charge in [-0.05, 0) is 49.4 Å². The van der Waals surface area contributed by atoms with E-state index in [1.165, 1.54) is 32.1 Å². The van der Waals surface area contributed by atoms with Crippen LogP contribution in [0.4, 0.5) is 0 Å². The second-order valence-electron chi connectivity index (χ2n) is 8.16. The van der Waals surface area contributed by atoms with Gasteiger partial charge in [0.25, 0.3) is 0 Å². The van der Waals surface area contributed by atoms with Crippen LogP contribution < -0.4 is 5.73 Å². The molecule has 1 saturated heterocycles. The SMILES string of the molecule is CCC1COCCN1C(CN)C1CCC(C(C)(C)C)CC1. The van der Waals surface area contributed by atoms with Crippen LogP contribution in [-0.2, 0) is 4.74 Å². The highest BCUT2D eigenvalue weighted by molar-refractivity contribution is 4.90. The standard InChI is InChI=1S/C18H36N2O/c1-5-16-13-21-11-10-20(16)17(12-19)14-6-8-15(9-7-14)18(2,3)4/h14-17H,5-13,19H2,1-4H3. The smallest absolute Gasteiger partial charge is 0.0622 e. The molecule has 2 unspecified atom stereocenters. The first kappa shape index (κ1) is 17.2. The summed E-state index contributed by atoms with van der Waals surface area (Å²) in [5, 5.41) is 0. The van der Waals surface area contributed by atoms with Gasteiger partial charge < -0.3 is 10.5 Å². The van der Waals surface area contributed by atoms with E-state index in [0.717, 1.165) is 38.1 Å². The number of hydrogen-bond donors (Lipinski definition) is 1. The second kappa shape index (κ2) is 7.43. The maximum atomic E-state index is 6.19. The second-order valence-corrected chi connectivity index (χ2v) is 8.16. The van der Waals surface area contributed by atoms with Gasteiger partial charge in [-0.1, -0.05) is 27.7 Å². The van der Waals surface area contributed by atoms with Gasteiger partial charge in [-0.15, -0.1) is 0 Å². The first-order valence-corrected chi connectivity index (χ1v) is 9.01. The molecule has 2 aliphatic rings. The number of nitrogens with two attached hydrogens (primary N) is 1. The van der Waals surface area contributed by atoms with Crippen molar-refractivity contribution in [1.82, 2.24) is 4.90 Å². The summed E-state index contributed by atoms with van der Waals surface area (Å²) in [7, 11) is 0. The molecule has 124 valence electrons. The fourth-order valence-corrected chi connectivity index (χ4v) is 4.43. The Morgan fingerprint density at radius 2 is 1.86 bits per heavy atom. The third-order valence-corrected chi connectivity index (χ3v) is 5.95. The lowest BCUT2D eigenvalue weighted by molar-refractivity contribution is -0.0471. The van der Waals surface area contributed by atoms with E-state index >= 15 is 0 Å². The van der Waals surface area contributed by atoms with E-state index in [2.05, 4.69) is 32.6 Å². The van der Waals surface area contributed by atoms with E-state index < -0.39 is 0 Å². The Hall–Kier alpha value is -0.120. The van der Waals surface area contributed by atoms with E-state index in [0.29, 0.717) is 17.5 Å². The molecule has 0 aromatic heterocycles. The first-order chi connectivity index (χ1) is 9.97. The summed E-state index contributed by atoms with van der Waals surface area (Å²) >= 11 is 0. The molecule has 0 spiro atoms. The average molecular weight is 296 g/mol. The molecule has 0 aromatic carbocycles. The Morgan fingerprint density at radius 3 is 2.38 bits per heavy atom. The molecular weight excluding hydrogens is 260 g/mol. The van der Waals surface area contributed by atoms with Crippen molar-refractivity contribution < 1.29 is 4.74 Å². The molecule has 21 heavy (non-hydrogen) atoms. The van der Waals surface area contributed by atoms with Gasteiger partial charge >= 0.3 is 0 Å². The molecule has 0 aromatic rings. The summed E-state index contributed by atoms with van der Waals surface area (Å²) in [6.07, 6.45) is 6.65. The van der Waals surface area contributed by atoms with Crippen molar-refractivity contribution in [1.29, 1.82) is 0 Å². The topological polar surface area (TPSA) is 38.5 Å². The molecule has 0 radical (unpaired) electrons. The summed E-state index contributed by atoms with van der Waals surface area (Å²) in [5.74, 6) is 1.68. The van der Waals surface area contributed by atoms with Crippen LogP contribution in [0.3, 0.4) is 0 Å². The summed E-state index contributed by atoms with van der Waals surface area (Å²) in [6.45, 7) is 13.1. The van der Waals surface area contributed by atoms with Gasteiger partial charge in [0, 0.05) is 25.2 Å². The lowest BCUT2D eigenvalue weighted by Crippen LogP contribution is -2.56. The molecule has 0 amide bonds. The number of ether oxygens (including phenoxy) is 1. The lowest BCUT2D eigenvalue weighted by Gasteiger charge is -2.46. The number of hydrogen-bond acceptors (Lipinski definition) is 3. The number of nitrogens with zero attached hydrogens (tertiary/aromatic N) is 1. The number of morpholine rings is 1. The maximum Gasteiger partial charge on any atom is 0.0622 e. The third-order valence-electron chi connectivity index (χ3n) is 5.95. The monoisotopic (exact) mass is 296 g/mol. The van der Waals surface area contributed by atoms with Crippen LogP contribution in [-0.4, -0.2) is 43.3 Å². The van der Waals surface area contributed by atoms with Gasteiger partial charge in [-0.3, -0.25) is 4.90 Å². The average Bonchev–Trinajstić information content (AvgIpc) is 2.48. The minimum atomic E-state index is 0.466. The van der Waals surface area contributed by atoms with Crippen LogP contribution in [0.1, 0.15) is 59.8 Å². The Bertz CT molecular complexity index is 305. The molecule has 1 heterocycles. The van der Waals surface area contributed by atoms with Gasteiger partial charge in [0.05, 0.1) is 13.2 Å². The zero-order valence-electron chi connectivity index (χ0n) is 14.6. The highest BCUT2D eigenvalue weighted by Crippen LogP contribution is 2.41. The minimum absolute atomic E-state index is 0.466. The molecule has 2 N–H and O–H groups in total. The van der Waals surface area contributed by atoms with E-state index in [4.69, 9.17) is 10.5 Å². The predicted molar refractivity (Wildman–Crippen MR) is 89.3 cm³/mol. The van der Waals surface area contributed by atoms with Gasteiger partial charge in [0.2, 0.25) is 0 Å². The minimum Gasteiger partial charge on any atom is -0.378 e. The normalized spacial score (nSPS) is 33.9. The molecule has 1 aliphatic heterocycles. The van der Waals surface area contributed by atoms with Gasteiger partial charge in [0.1, 0.15) is 0 Å². The van der Waals surface area contributed by atoms with Gasteiger partial charge in [-0.25, -0.2) is 0 Å². The van der Waals surface area contributed by atoms with E-state index in [9.17, 15) is 0 Å².